The molecule has 12 heteroatoms. The summed E-state index contributed by atoms with van der Waals surface area (Å²) in [6, 6.07) is -0.489. The van der Waals surface area contributed by atoms with Gasteiger partial charge in [-0.3, -0.25) is 0 Å². The number of carbonyl (C=O) groups is 2. The van der Waals surface area contributed by atoms with Crippen LogP contribution < -0.4 is 5.32 Å². The average Bonchev–Trinajstić information content (AvgIpc) is 2.46. The molecule has 26 heavy (non-hydrogen) atoms. The molecule has 1 saturated carbocycles. The summed E-state index contributed by atoms with van der Waals surface area (Å²) in [5.41, 5.74) is -7.36. The summed E-state index contributed by atoms with van der Waals surface area (Å²) in [5.74, 6) is -3.59. The van der Waals surface area contributed by atoms with Gasteiger partial charge in [0.15, 0.2) is 5.69 Å². The fourth-order valence-corrected chi connectivity index (χ4v) is 2.54. The van der Waals surface area contributed by atoms with E-state index in [4.69, 9.17) is 11.6 Å². The molecular formula is C14H12ClF5N2O4. The fraction of sp³-hybridized carbons (Fsp3) is 0.500. The third-order valence-corrected chi connectivity index (χ3v) is 3.97. The van der Waals surface area contributed by atoms with Crippen LogP contribution in [0.1, 0.15) is 51.4 Å². The highest BCUT2D eigenvalue weighted by atomic mass is 35.5. The maximum absolute atomic E-state index is 13.7. The van der Waals surface area contributed by atoms with Crippen LogP contribution in [-0.2, 0) is 16.3 Å². The Balaban J connectivity index is 2.91. The van der Waals surface area contributed by atoms with Crippen molar-refractivity contribution < 1.29 is 41.4 Å². The minimum atomic E-state index is -5.38. The van der Waals surface area contributed by atoms with Crippen molar-refractivity contribution in [2.75, 3.05) is 12.4 Å². The van der Waals surface area contributed by atoms with Crippen LogP contribution in [0.15, 0.2) is 0 Å². The van der Waals surface area contributed by atoms with E-state index in [-0.39, 0.29) is 0 Å². The molecule has 2 N–H and O–H groups in total. The predicted molar refractivity (Wildman–Crippen MR) is 78.5 cm³/mol. The molecule has 1 fully saturated rings. The monoisotopic (exact) mass is 402 g/mol. The molecule has 1 aromatic rings. The molecule has 0 aliphatic heterocycles. The first-order valence-corrected chi connectivity index (χ1v) is 7.56. The normalized spacial score (nSPS) is 15.3. The number of carboxylic acids is 1. The van der Waals surface area contributed by atoms with E-state index in [2.05, 4.69) is 15.0 Å². The standard InChI is InChI=1S/C14H12ClF5N2O4/c1-26-12(25)7-8(21-5-3-2-4-5)6(11(23)24)10(14(18,19)20)22-9(7)13(15,16)17/h5H,2-4H2,1H3,(H,21,22)(H,23,24). The number of hydrogen-bond acceptors (Lipinski definition) is 5. The average molecular weight is 403 g/mol. The topological polar surface area (TPSA) is 88.5 Å². The largest absolute Gasteiger partial charge is 0.478 e. The lowest BCUT2D eigenvalue weighted by molar-refractivity contribution is -0.142. The van der Waals surface area contributed by atoms with E-state index in [1.54, 1.807) is 0 Å². The lowest BCUT2D eigenvalue weighted by atomic mass is 9.91. The number of methoxy groups -OCH3 is 1. The van der Waals surface area contributed by atoms with E-state index in [1.165, 1.54) is 0 Å². The van der Waals surface area contributed by atoms with Crippen LogP contribution in [0.4, 0.5) is 27.6 Å². The molecular weight excluding hydrogens is 391 g/mol. The second kappa shape index (κ2) is 6.86. The quantitative estimate of drug-likeness (QED) is 0.442. The Morgan fingerprint density at radius 1 is 1.19 bits per heavy atom. The first-order chi connectivity index (χ1) is 11.9. The highest BCUT2D eigenvalue weighted by Crippen LogP contribution is 2.43. The van der Waals surface area contributed by atoms with Gasteiger partial charge in [0, 0.05) is 6.04 Å². The molecule has 6 nitrogen and oxygen atoms in total. The minimum Gasteiger partial charge on any atom is -0.478 e. The molecule has 2 rings (SSSR count). The zero-order chi connectivity index (χ0) is 19.9. The molecule has 1 heterocycles. The van der Waals surface area contributed by atoms with Crippen LogP contribution in [0.2, 0.25) is 0 Å². The van der Waals surface area contributed by atoms with Gasteiger partial charge in [-0.2, -0.15) is 22.0 Å². The van der Waals surface area contributed by atoms with E-state index in [1.807, 2.05) is 0 Å². The van der Waals surface area contributed by atoms with E-state index >= 15 is 0 Å². The Hall–Kier alpha value is -2.17. The van der Waals surface area contributed by atoms with E-state index in [0.717, 1.165) is 7.11 Å². The maximum atomic E-state index is 13.7. The number of carbonyl (C=O) groups excluding carboxylic acids is 1. The Labute approximate surface area is 148 Å². The summed E-state index contributed by atoms with van der Waals surface area (Å²) in [6.07, 6.45) is -3.77. The summed E-state index contributed by atoms with van der Waals surface area (Å²) in [4.78, 5) is 26.1. The minimum absolute atomic E-state index is 0.454. The number of hydrogen-bond donors (Lipinski definition) is 2. The molecule has 0 radical (unpaired) electrons. The van der Waals surface area contributed by atoms with Crippen LogP contribution >= 0.6 is 11.6 Å². The van der Waals surface area contributed by atoms with E-state index in [9.17, 15) is 36.6 Å². The third-order valence-electron chi connectivity index (χ3n) is 3.79. The van der Waals surface area contributed by atoms with Gasteiger partial charge in [0.1, 0.15) is 16.8 Å². The number of carboxylic acid groups (broad SMARTS) is 1. The number of nitrogens with zero attached hydrogens (tertiary/aromatic N) is 1. The summed E-state index contributed by atoms with van der Waals surface area (Å²) >= 11 is 4.83. The molecule has 0 bridgehead atoms. The number of anilines is 1. The second-order valence-electron chi connectivity index (χ2n) is 5.50. The van der Waals surface area contributed by atoms with Crippen molar-refractivity contribution in [3.8, 4) is 0 Å². The van der Waals surface area contributed by atoms with Gasteiger partial charge in [0.2, 0.25) is 0 Å². The van der Waals surface area contributed by atoms with Crippen LogP contribution in [0.3, 0.4) is 0 Å². The van der Waals surface area contributed by atoms with Gasteiger partial charge < -0.3 is 15.2 Å². The summed E-state index contributed by atoms with van der Waals surface area (Å²) < 4.78 is 71.4. The number of aromatic carboxylic acids is 1. The molecule has 0 amide bonds. The number of rotatable bonds is 5. The van der Waals surface area contributed by atoms with Crippen LogP contribution in [0, 0.1) is 0 Å². The molecule has 0 unspecified atom stereocenters. The van der Waals surface area contributed by atoms with Gasteiger partial charge in [-0.15, -0.1) is 0 Å². The molecule has 144 valence electrons. The number of pyridine rings is 1. The van der Waals surface area contributed by atoms with E-state index < -0.39 is 57.7 Å². The first kappa shape index (κ1) is 20.1. The molecule has 0 aromatic carbocycles. The Bertz CT molecular complexity index is 744. The number of esters is 1. The number of nitrogens with one attached hydrogen (secondary N) is 1. The smallest absolute Gasteiger partial charge is 0.434 e. The second-order valence-corrected chi connectivity index (χ2v) is 5.97. The van der Waals surface area contributed by atoms with Crippen molar-refractivity contribution in [1.82, 2.24) is 4.98 Å². The lowest BCUT2D eigenvalue weighted by Gasteiger charge is -2.30. The summed E-state index contributed by atoms with van der Waals surface area (Å²) in [5, 5.41) is 7.18. The van der Waals surface area contributed by atoms with Crippen molar-refractivity contribution in [2.24, 2.45) is 0 Å². The van der Waals surface area contributed by atoms with Gasteiger partial charge in [-0.1, -0.05) is 0 Å². The van der Waals surface area contributed by atoms with Crippen molar-refractivity contribution in [2.45, 2.75) is 36.9 Å². The third kappa shape index (κ3) is 3.81. The highest BCUT2D eigenvalue weighted by Gasteiger charge is 2.46. The predicted octanol–water partition coefficient (Wildman–Crippen LogP) is 3.84. The number of halogens is 6. The number of aromatic nitrogens is 1. The van der Waals surface area contributed by atoms with Gasteiger partial charge in [-0.25, -0.2) is 14.6 Å². The van der Waals surface area contributed by atoms with Crippen LogP contribution in [-0.4, -0.2) is 35.2 Å². The Kier molecular flexibility index (Phi) is 5.31. The molecule has 0 spiro atoms. The van der Waals surface area contributed by atoms with Gasteiger partial charge >= 0.3 is 23.5 Å². The highest BCUT2D eigenvalue weighted by molar-refractivity contribution is 6.22. The maximum Gasteiger partial charge on any atom is 0.434 e. The van der Waals surface area contributed by atoms with Gasteiger partial charge in [-0.05, 0) is 30.9 Å². The molecule has 0 atom stereocenters. The molecule has 1 aromatic heterocycles. The van der Waals surface area contributed by atoms with Crippen LogP contribution in [0.5, 0.6) is 0 Å². The fourth-order valence-electron chi connectivity index (χ4n) is 2.41. The van der Waals surface area contributed by atoms with Crippen molar-refractivity contribution in [3.05, 3.63) is 22.5 Å². The van der Waals surface area contributed by atoms with Crippen molar-refractivity contribution >= 4 is 29.2 Å². The molecule has 0 saturated heterocycles. The van der Waals surface area contributed by atoms with Crippen molar-refractivity contribution in [3.63, 3.8) is 0 Å². The lowest BCUT2D eigenvalue weighted by Crippen LogP contribution is -2.32. The number of alkyl halides is 6. The first-order valence-electron chi connectivity index (χ1n) is 7.18. The Morgan fingerprint density at radius 2 is 1.77 bits per heavy atom. The molecule has 1 aliphatic rings. The van der Waals surface area contributed by atoms with Gasteiger partial charge in [0.25, 0.3) is 0 Å². The van der Waals surface area contributed by atoms with Crippen LogP contribution in [0.25, 0.3) is 0 Å². The Morgan fingerprint density at radius 3 is 2.12 bits per heavy atom. The zero-order valence-corrected chi connectivity index (χ0v) is 13.8. The zero-order valence-electron chi connectivity index (χ0n) is 13.1. The van der Waals surface area contributed by atoms with Gasteiger partial charge in [0.05, 0.1) is 12.8 Å². The number of ether oxygens (including phenoxy) is 1. The summed E-state index contributed by atoms with van der Waals surface area (Å²) in [7, 11) is 0.795. The SMILES string of the molecule is COC(=O)c1c(C(F)(F)Cl)nc(C(F)(F)F)c(C(=O)O)c1NC1CCC1. The van der Waals surface area contributed by atoms with E-state index in [0.29, 0.717) is 19.3 Å². The summed E-state index contributed by atoms with van der Waals surface area (Å²) in [6.45, 7) is 0. The van der Waals surface area contributed by atoms with Crippen molar-refractivity contribution in [1.29, 1.82) is 0 Å². The molecule has 1 aliphatic carbocycles.